The summed E-state index contributed by atoms with van der Waals surface area (Å²) in [5.74, 6) is 0.497. The zero-order valence-corrected chi connectivity index (χ0v) is 19.6. The van der Waals surface area contributed by atoms with Crippen molar-refractivity contribution in [2.24, 2.45) is 10.7 Å². The molecule has 1 heterocycles. The number of benzene rings is 2. The number of aliphatic hydroxyl groups is 1. The molecule has 1 saturated carbocycles. The van der Waals surface area contributed by atoms with Crippen LogP contribution in [-0.4, -0.2) is 34.7 Å². The fourth-order valence-corrected chi connectivity index (χ4v) is 4.75. The molecule has 0 saturated heterocycles. The summed E-state index contributed by atoms with van der Waals surface area (Å²) in [5, 5.41) is 11.6. The molecule has 0 radical (unpaired) electrons. The second kappa shape index (κ2) is 11.7. The maximum Gasteiger partial charge on any atom is 0.246 e. The largest absolute Gasteiger partial charge is 0.396 e. The van der Waals surface area contributed by atoms with Gasteiger partial charge in [0.15, 0.2) is 5.96 Å². The summed E-state index contributed by atoms with van der Waals surface area (Å²) in [6.45, 7) is 0.532. The van der Waals surface area contributed by atoms with Crippen molar-refractivity contribution in [1.82, 2.24) is 9.88 Å². The third kappa shape index (κ3) is 5.94. The first kappa shape index (κ1) is 23.8. The average Bonchev–Trinajstić information content (AvgIpc) is 3.28. The van der Waals surface area contributed by atoms with Crippen LogP contribution in [0.5, 0.6) is 0 Å². The van der Waals surface area contributed by atoms with Crippen molar-refractivity contribution in [2.45, 2.75) is 51.0 Å². The van der Waals surface area contributed by atoms with Crippen molar-refractivity contribution in [1.29, 1.82) is 0 Å². The van der Waals surface area contributed by atoms with Gasteiger partial charge in [-0.05, 0) is 54.0 Å². The van der Waals surface area contributed by atoms with E-state index in [1.165, 1.54) is 37.7 Å². The van der Waals surface area contributed by atoms with Gasteiger partial charge in [-0.15, -0.1) is 0 Å². The normalized spacial score (nSPS) is 14.8. The molecule has 1 aromatic heterocycles. The Bertz CT molecular complexity index is 1100. The Labute approximate surface area is 201 Å². The van der Waals surface area contributed by atoms with Crippen molar-refractivity contribution < 1.29 is 9.90 Å². The minimum absolute atomic E-state index is 0.0391. The lowest BCUT2D eigenvalue weighted by molar-refractivity contribution is -0.120. The van der Waals surface area contributed by atoms with Crippen molar-refractivity contribution in [3.05, 3.63) is 72.3 Å². The first-order valence-electron chi connectivity index (χ1n) is 12.2. The monoisotopic (exact) mass is 458 g/mol. The molecule has 1 amide bonds. The number of aliphatic imine (C=N–C) groups is 1. The minimum Gasteiger partial charge on any atom is -0.396 e. The highest BCUT2D eigenvalue weighted by Gasteiger charge is 2.18. The van der Waals surface area contributed by atoms with Gasteiger partial charge in [0.2, 0.25) is 5.91 Å². The Balaban J connectivity index is 1.59. The van der Waals surface area contributed by atoms with Gasteiger partial charge in [0.05, 0.1) is 0 Å². The average molecular weight is 459 g/mol. The number of nitrogens with zero attached hydrogens (tertiary/aromatic N) is 2. The molecule has 6 nitrogen and oxygen atoms in total. The van der Waals surface area contributed by atoms with Crippen LogP contribution in [0.4, 0.5) is 0 Å². The molecule has 2 aromatic carbocycles. The van der Waals surface area contributed by atoms with Gasteiger partial charge in [0.25, 0.3) is 0 Å². The Hall–Kier alpha value is -3.38. The highest BCUT2D eigenvalue weighted by molar-refractivity contribution is 5.96. The molecule has 178 valence electrons. The smallest absolute Gasteiger partial charge is 0.246 e. The lowest BCUT2D eigenvalue weighted by Crippen LogP contribution is -2.39. The SMILES string of the molecule is NC(=NCCCO)NC(=O)Cn1c(-c2ccccc2)ccc1-c1ccc(C2CCCCC2)cc1. The molecular formula is C28H34N4O2. The van der Waals surface area contributed by atoms with Gasteiger partial charge in [-0.3, -0.25) is 15.1 Å². The molecule has 3 aromatic rings. The maximum absolute atomic E-state index is 12.8. The molecule has 1 aliphatic carbocycles. The number of nitrogens with two attached hydrogens (primary N) is 1. The van der Waals surface area contributed by atoms with Crippen molar-refractivity contribution in [3.63, 3.8) is 0 Å². The van der Waals surface area contributed by atoms with E-state index in [4.69, 9.17) is 10.8 Å². The van der Waals surface area contributed by atoms with E-state index in [0.29, 0.717) is 18.9 Å². The van der Waals surface area contributed by atoms with Gasteiger partial charge in [-0.2, -0.15) is 0 Å². The maximum atomic E-state index is 12.8. The number of rotatable bonds is 8. The molecular weight excluding hydrogens is 424 g/mol. The quantitative estimate of drug-likeness (QED) is 0.260. The number of hydrogen-bond acceptors (Lipinski definition) is 3. The van der Waals surface area contributed by atoms with E-state index in [1.807, 2.05) is 34.9 Å². The van der Waals surface area contributed by atoms with Crippen molar-refractivity contribution in [2.75, 3.05) is 13.2 Å². The Morgan fingerprint density at radius 1 is 0.941 bits per heavy atom. The molecule has 34 heavy (non-hydrogen) atoms. The van der Waals surface area contributed by atoms with Crippen molar-refractivity contribution >= 4 is 11.9 Å². The fourth-order valence-electron chi connectivity index (χ4n) is 4.75. The summed E-state index contributed by atoms with van der Waals surface area (Å²) in [5.41, 5.74) is 11.4. The molecule has 1 aliphatic rings. The summed E-state index contributed by atoms with van der Waals surface area (Å²) in [6, 6.07) is 23.0. The molecule has 1 fully saturated rings. The summed E-state index contributed by atoms with van der Waals surface area (Å²) in [4.78, 5) is 16.9. The van der Waals surface area contributed by atoms with E-state index in [0.717, 1.165) is 22.5 Å². The second-order valence-electron chi connectivity index (χ2n) is 8.91. The van der Waals surface area contributed by atoms with Gasteiger partial charge < -0.3 is 15.4 Å². The second-order valence-corrected chi connectivity index (χ2v) is 8.91. The van der Waals surface area contributed by atoms with Crippen molar-refractivity contribution in [3.8, 4) is 22.5 Å². The van der Waals surface area contributed by atoms with Gasteiger partial charge in [0.1, 0.15) is 6.54 Å². The van der Waals surface area contributed by atoms with Crippen LogP contribution >= 0.6 is 0 Å². The molecule has 0 bridgehead atoms. The van der Waals surface area contributed by atoms with E-state index in [-0.39, 0.29) is 25.0 Å². The highest BCUT2D eigenvalue weighted by Crippen LogP contribution is 2.34. The summed E-state index contributed by atoms with van der Waals surface area (Å²) in [6.07, 6.45) is 7.04. The zero-order valence-electron chi connectivity index (χ0n) is 19.6. The van der Waals surface area contributed by atoms with Gasteiger partial charge in [-0.1, -0.05) is 73.9 Å². The van der Waals surface area contributed by atoms with Crippen LogP contribution in [-0.2, 0) is 11.3 Å². The number of amides is 1. The number of carbonyl (C=O) groups excluding carboxylic acids is 1. The minimum atomic E-state index is -0.237. The van der Waals surface area contributed by atoms with Crippen LogP contribution < -0.4 is 11.1 Å². The molecule has 0 atom stereocenters. The first-order chi connectivity index (χ1) is 16.7. The predicted octanol–water partition coefficient (Wildman–Crippen LogP) is 4.68. The lowest BCUT2D eigenvalue weighted by atomic mass is 9.84. The van der Waals surface area contributed by atoms with Crippen LogP contribution in [0, 0.1) is 0 Å². The standard InChI is InChI=1S/C28H34N4O2/c29-28(30-18-7-19-33)31-27(34)20-32-25(23-10-5-2-6-11-23)16-17-26(32)24-14-12-22(13-15-24)21-8-3-1-4-9-21/h2,5-6,10-17,21,33H,1,3-4,7-9,18-20H2,(H3,29,30,31,34). The topological polar surface area (TPSA) is 92.6 Å². The molecule has 0 aliphatic heterocycles. The van der Waals surface area contributed by atoms with Crippen LogP contribution in [0.15, 0.2) is 71.7 Å². The summed E-state index contributed by atoms with van der Waals surface area (Å²) in [7, 11) is 0. The summed E-state index contributed by atoms with van der Waals surface area (Å²) < 4.78 is 2.03. The third-order valence-corrected chi connectivity index (χ3v) is 6.50. The number of aromatic nitrogens is 1. The third-order valence-electron chi connectivity index (χ3n) is 6.50. The first-order valence-corrected chi connectivity index (χ1v) is 12.2. The summed E-state index contributed by atoms with van der Waals surface area (Å²) >= 11 is 0. The number of hydrogen-bond donors (Lipinski definition) is 3. The van der Waals surface area contributed by atoms with E-state index in [9.17, 15) is 4.79 Å². The van der Waals surface area contributed by atoms with E-state index in [2.05, 4.69) is 46.7 Å². The molecule has 4 N–H and O–H groups in total. The van der Waals surface area contributed by atoms with E-state index >= 15 is 0 Å². The van der Waals surface area contributed by atoms with Crippen LogP contribution in [0.2, 0.25) is 0 Å². The van der Waals surface area contributed by atoms with E-state index in [1.54, 1.807) is 0 Å². The lowest BCUT2D eigenvalue weighted by Gasteiger charge is -2.22. The van der Waals surface area contributed by atoms with E-state index < -0.39 is 0 Å². The predicted molar refractivity (Wildman–Crippen MR) is 137 cm³/mol. The number of carbonyl (C=O) groups is 1. The van der Waals surface area contributed by atoms with Crippen LogP contribution in [0.25, 0.3) is 22.5 Å². The van der Waals surface area contributed by atoms with Gasteiger partial charge in [-0.25, -0.2) is 0 Å². The van der Waals surface area contributed by atoms with Crippen LogP contribution in [0.3, 0.4) is 0 Å². The molecule has 0 spiro atoms. The van der Waals surface area contributed by atoms with Gasteiger partial charge >= 0.3 is 0 Å². The number of guanidine groups is 1. The van der Waals surface area contributed by atoms with Gasteiger partial charge in [0, 0.05) is 24.5 Å². The molecule has 6 heteroatoms. The number of nitrogens with one attached hydrogen (secondary N) is 1. The zero-order chi connectivity index (χ0) is 23.8. The Morgan fingerprint density at radius 3 is 2.24 bits per heavy atom. The Morgan fingerprint density at radius 2 is 1.59 bits per heavy atom. The Kier molecular flexibility index (Phi) is 8.15. The van der Waals surface area contributed by atoms with Crippen LogP contribution in [0.1, 0.15) is 50.0 Å². The molecule has 4 rings (SSSR count). The highest BCUT2D eigenvalue weighted by atomic mass is 16.3. The fraction of sp³-hybridized carbons (Fsp3) is 0.357. The molecule has 0 unspecified atom stereocenters. The number of aliphatic hydroxyl groups excluding tert-OH is 1.